The molecule has 2 N–H and O–H groups in total. The van der Waals surface area contributed by atoms with Gasteiger partial charge in [0, 0.05) is 19.7 Å². The number of aliphatic hydroxyl groups excluding tert-OH is 1. The van der Waals surface area contributed by atoms with E-state index in [0.29, 0.717) is 13.0 Å². The molecule has 0 aliphatic carbocycles. The van der Waals surface area contributed by atoms with E-state index in [1.807, 2.05) is 42.5 Å². The van der Waals surface area contributed by atoms with Gasteiger partial charge in [-0.2, -0.15) is 0 Å². The Kier molecular flexibility index (Phi) is 5.64. The summed E-state index contributed by atoms with van der Waals surface area (Å²) in [5.74, 6) is 0.815. The number of morpholine rings is 1. The summed E-state index contributed by atoms with van der Waals surface area (Å²) in [5, 5.41) is 12.4. The zero-order valence-electron chi connectivity index (χ0n) is 13.2. The van der Waals surface area contributed by atoms with Gasteiger partial charge in [0.2, 0.25) is 0 Å². The number of hydrogen-bond acceptors (Lipinski definition) is 4. The highest BCUT2D eigenvalue weighted by Crippen LogP contribution is 2.27. The van der Waals surface area contributed by atoms with Crippen molar-refractivity contribution >= 4 is 0 Å². The van der Waals surface area contributed by atoms with Crippen molar-refractivity contribution in [3.63, 3.8) is 0 Å². The fraction of sp³-hybridized carbons (Fsp3) is 0.368. The minimum atomic E-state index is -0.146. The van der Waals surface area contributed by atoms with Crippen molar-refractivity contribution in [2.75, 3.05) is 26.3 Å². The largest absolute Gasteiger partial charge is 0.483 e. The first-order valence-corrected chi connectivity index (χ1v) is 8.10. The Morgan fingerprint density at radius 2 is 1.91 bits per heavy atom. The average Bonchev–Trinajstić information content (AvgIpc) is 2.63. The molecule has 0 radical (unpaired) electrons. The Morgan fingerprint density at radius 1 is 1.13 bits per heavy atom. The highest BCUT2D eigenvalue weighted by molar-refractivity contribution is 5.29. The van der Waals surface area contributed by atoms with Crippen molar-refractivity contribution in [1.29, 1.82) is 0 Å². The first-order valence-electron chi connectivity index (χ1n) is 8.10. The number of benzene rings is 2. The molecular formula is C19H23NO3. The maximum Gasteiger partial charge on any atom is 0.151 e. The van der Waals surface area contributed by atoms with E-state index in [1.165, 1.54) is 0 Å². The van der Waals surface area contributed by atoms with Crippen LogP contribution < -0.4 is 10.1 Å². The van der Waals surface area contributed by atoms with Crippen LogP contribution in [0.15, 0.2) is 54.6 Å². The Bertz CT molecular complexity index is 579. The summed E-state index contributed by atoms with van der Waals surface area (Å²) >= 11 is 0. The molecule has 1 fully saturated rings. The Labute approximate surface area is 137 Å². The van der Waals surface area contributed by atoms with Gasteiger partial charge >= 0.3 is 0 Å². The third kappa shape index (κ3) is 4.32. The van der Waals surface area contributed by atoms with Gasteiger partial charge in [-0.15, -0.1) is 0 Å². The van der Waals surface area contributed by atoms with Crippen LogP contribution in [0.2, 0.25) is 0 Å². The van der Waals surface area contributed by atoms with E-state index in [4.69, 9.17) is 14.6 Å². The lowest BCUT2D eigenvalue weighted by Gasteiger charge is -2.31. The highest BCUT2D eigenvalue weighted by atomic mass is 16.5. The van der Waals surface area contributed by atoms with E-state index in [2.05, 4.69) is 17.4 Å². The number of aliphatic hydroxyl groups is 1. The van der Waals surface area contributed by atoms with Crippen molar-refractivity contribution in [3.05, 3.63) is 65.7 Å². The zero-order chi connectivity index (χ0) is 15.9. The first-order chi connectivity index (χ1) is 11.4. The monoisotopic (exact) mass is 313 g/mol. The van der Waals surface area contributed by atoms with Crippen LogP contribution in [0.4, 0.5) is 0 Å². The van der Waals surface area contributed by atoms with Crippen molar-refractivity contribution in [3.8, 4) is 5.75 Å². The fourth-order valence-corrected chi connectivity index (χ4v) is 2.79. The molecule has 2 aromatic carbocycles. The Morgan fingerprint density at radius 3 is 2.57 bits per heavy atom. The Hall–Kier alpha value is -1.88. The van der Waals surface area contributed by atoms with E-state index < -0.39 is 0 Å². The summed E-state index contributed by atoms with van der Waals surface area (Å²) in [7, 11) is 0. The van der Waals surface area contributed by atoms with E-state index in [1.54, 1.807) is 0 Å². The van der Waals surface area contributed by atoms with E-state index >= 15 is 0 Å². The molecule has 3 rings (SSSR count). The number of ether oxygens (including phenoxy) is 2. The molecule has 0 aromatic heterocycles. The molecule has 1 saturated heterocycles. The van der Waals surface area contributed by atoms with Crippen LogP contribution in [0, 0.1) is 0 Å². The summed E-state index contributed by atoms with van der Waals surface area (Å²) in [6.45, 7) is 2.53. The van der Waals surface area contributed by atoms with Gasteiger partial charge in [-0.05, 0) is 29.7 Å². The molecule has 1 heterocycles. The van der Waals surface area contributed by atoms with E-state index in [-0.39, 0.29) is 18.8 Å². The van der Waals surface area contributed by atoms with Gasteiger partial charge in [-0.3, -0.25) is 0 Å². The van der Waals surface area contributed by atoms with Crippen molar-refractivity contribution < 1.29 is 14.6 Å². The Balaban J connectivity index is 1.77. The molecule has 1 aliphatic heterocycles. The van der Waals surface area contributed by atoms with Crippen LogP contribution in [0.25, 0.3) is 0 Å². The second-order valence-corrected chi connectivity index (χ2v) is 5.68. The lowest BCUT2D eigenvalue weighted by atomic mass is 10.0. The van der Waals surface area contributed by atoms with Gasteiger partial charge in [0.1, 0.15) is 11.9 Å². The van der Waals surface area contributed by atoms with Crippen molar-refractivity contribution in [2.24, 2.45) is 0 Å². The van der Waals surface area contributed by atoms with E-state index in [0.717, 1.165) is 30.0 Å². The fourth-order valence-electron chi connectivity index (χ4n) is 2.79. The molecule has 2 aromatic rings. The van der Waals surface area contributed by atoms with Crippen LogP contribution in [0.1, 0.15) is 17.2 Å². The zero-order valence-corrected chi connectivity index (χ0v) is 13.2. The minimum absolute atomic E-state index is 0.0109. The lowest BCUT2D eigenvalue weighted by molar-refractivity contribution is -0.0432. The summed E-state index contributed by atoms with van der Waals surface area (Å²) in [6, 6.07) is 18.1. The molecule has 4 heteroatoms. The smallest absolute Gasteiger partial charge is 0.151 e. The molecule has 1 aliphatic rings. The molecule has 23 heavy (non-hydrogen) atoms. The second kappa shape index (κ2) is 8.11. The maximum atomic E-state index is 9.00. The highest BCUT2D eigenvalue weighted by Gasteiger charge is 2.27. The van der Waals surface area contributed by atoms with Crippen LogP contribution in [-0.4, -0.2) is 37.5 Å². The van der Waals surface area contributed by atoms with E-state index in [9.17, 15) is 0 Å². The van der Waals surface area contributed by atoms with Crippen molar-refractivity contribution in [1.82, 2.24) is 5.32 Å². The minimum Gasteiger partial charge on any atom is -0.483 e. The predicted molar refractivity (Wildman–Crippen MR) is 89.7 cm³/mol. The lowest BCUT2D eigenvalue weighted by Crippen LogP contribution is -2.43. The number of hydrogen-bond donors (Lipinski definition) is 2. The predicted octanol–water partition coefficient (Wildman–Crippen LogP) is 2.33. The van der Waals surface area contributed by atoms with Gasteiger partial charge in [0.05, 0.1) is 6.61 Å². The normalized spacial score (nSPS) is 19.3. The molecule has 2 atom stereocenters. The van der Waals surface area contributed by atoms with Gasteiger partial charge in [-0.1, -0.05) is 42.5 Å². The topological polar surface area (TPSA) is 50.7 Å². The maximum absolute atomic E-state index is 9.00. The summed E-state index contributed by atoms with van der Waals surface area (Å²) in [5.41, 5.74) is 2.22. The molecule has 2 unspecified atom stereocenters. The summed E-state index contributed by atoms with van der Waals surface area (Å²) in [4.78, 5) is 0. The summed E-state index contributed by atoms with van der Waals surface area (Å²) < 4.78 is 12.2. The molecule has 0 bridgehead atoms. The average molecular weight is 313 g/mol. The molecule has 122 valence electrons. The van der Waals surface area contributed by atoms with Gasteiger partial charge < -0.3 is 19.9 Å². The van der Waals surface area contributed by atoms with Gasteiger partial charge in [0.25, 0.3) is 0 Å². The second-order valence-electron chi connectivity index (χ2n) is 5.68. The van der Waals surface area contributed by atoms with Crippen LogP contribution in [-0.2, 0) is 11.2 Å². The number of rotatable bonds is 6. The molecule has 0 saturated carbocycles. The van der Waals surface area contributed by atoms with Crippen LogP contribution in [0.3, 0.4) is 0 Å². The molecular weight excluding hydrogens is 290 g/mol. The first kappa shape index (κ1) is 16.0. The van der Waals surface area contributed by atoms with Crippen LogP contribution >= 0.6 is 0 Å². The van der Waals surface area contributed by atoms with Crippen molar-refractivity contribution in [2.45, 2.75) is 18.6 Å². The molecule has 0 spiro atoms. The molecule has 4 nitrogen and oxygen atoms in total. The summed E-state index contributed by atoms with van der Waals surface area (Å²) in [6.07, 6.45) is 0.508. The van der Waals surface area contributed by atoms with Crippen LogP contribution in [0.5, 0.6) is 5.75 Å². The quantitative estimate of drug-likeness (QED) is 0.859. The standard InChI is InChI=1S/C19H23NO3/c21-12-10-15-6-8-17(9-7-15)23-19(16-4-2-1-3-5-16)18-14-20-11-13-22-18/h1-9,18-21H,10-14H2. The SMILES string of the molecule is OCCc1ccc(OC(c2ccccc2)C2CNCCO2)cc1. The number of nitrogens with one attached hydrogen (secondary N) is 1. The third-order valence-corrected chi connectivity index (χ3v) is 4.01. The molecule has 0 amide bonds. The van der Waals surface area contributed by atoms with Gasteiger partial charge in [-0.25, -0.2) is 0 Å². The van der Waals surface area contributed by atoms with Gasteiger partial charge in [0.15, 0.2) is 6.10 Å². The third-order valence-electron chi connectivity index (χ3n) is 4.01.